The smallest absolute Gasteiger partial charge is 0.244 e. The molecule has 0 atom stereocenters. The van der Waals surface area contributed by atoms with Crippen LogP contribution in [0.4, 0.5) is 0 Å². The summed E-state index contributed by atoms with van der Waals surface area (Å²) in [5.41, 5.74) is 0. The Morgan fingerprint density at radius 1 is 1.40 bits per heavy atom. The number of carbonyl (C=O) groups is 1. The summed E-state index contributed by atoms with van der Waals surface area (Å²) in [7, 11) is 0. The second kappa shape index (κ2) is 7.57. The van der Waals surface area contributed by atoms with Gasteiger partial charge >= 0.3 is 0 Å². The molecule has 1 aliphatic rings. The number of rotatable bonds is 5. The minimum absolute atomic E-state index is 0.0951. The van der Waals surface area contributed by atoms with Crippen LogP contribution in [-0.2, 0) is 11.3 Å². The first-order valence-electron chi connectivity index (χ1n) is 7.12. The minimum atomic E-state index is 0.0951. The van der Waals surface area contributed by atoms with E-state index >= 15 is 0 Å². The van der Waals surface area contributed by atoms with Crippen LogP contribution in [0.5, 0.6) is 0 Å². The molecule has 0 aliphatic carbocycles. The highest BCUT2D eigenvalue weighted by Gasteiger charge is 2.17. The Labute approximate surface area is 119 Å². The second-order valence-corrected chi connectivity index (χ2v) is 4.72. The van der Waals surface area contributed by atoms with E-state index in [0.29, 0.717) is 12.5 Å². The monoisotopic (exact) mass is 278 g/mol. The van der Waals surface area contributed by atoms with Crippen LogP contribution in [0.2, 0.25) is 0 Å². The molecule has 2 N–H and O–H groups in total. The Morgan fingerprint density at radius 2 is 2.20 bits per heavy atom. The number of furan rings is 1. The number of hydrogen-bond acceptors (Lipinski definition) is 3. The van der Waals surface area contributed by atoms with E-state index in [1.807, 2.05) is 24.0 Å². The molecule has 1 fully saturated rings. The van der Waals surface area contributed by atoms with E-state index in [0.717, 1.165) is 38.2 Å². The lowest BCUT2D eigenvalue weighted by atomic mass is 10.4. The fourth-order valence-electron chi connectivity index (χ4n) is 2.14. The summed E-state index contributed by atoms with van der Waals surface area (Å²) in [6.07, 6.45) is 3.84. The Bertz CT molecular complexity index is 436. The van der Waals surface area contributed by atoms with Gasteiger partial charge in [-0.1, -0.05) is 0 Å². The predicted octanol–water partition coefficient (Wildman–Crippen LogP) is 0.957. The molecule has 1 amide bonds. The highest BCUT2D eigenvalue weighted by atomic mass is 16.3. The van der Waals surface area contributed by atoms with Crippen LogP contribution < -0.4 is 10.6 Å². The molecule has 20 heavy (non-hydrogen) atoms. The molecule has 0 radical (unpaired) electrons. The molecule has 1 aliphatic heterocycles. The number of hydrogen-bond donors (Lipinski definition) is 2. The zero-order valence-electron chi connectivity index (χ0n) is 11.9. The van der Waals surface area contributed by atoms with Gasteiger partial charge in [-0.25, -0.2) is 4.99 Å². The van der Waals surface area contributed by atoms with Crippen LogP contribution in [0.15, 0.2) is 27.8 Å². The van der Waals surface area contributed by atoms with Crippen molar-refractivity contribution in [2.24, 2.45) is 4.99 Å². The normalized spacial score (nSPS) is 15.4. The van der Waals surface area contributed by atoms with Gasteiger partial charge in [-0.05, 0) is 31.9 Å². The first-order chi connectivity index (χ1) is 9.79. The molecule has 0 bridgehead atoms. The third-order valence-electron chi connectivity index (χ3n) is 3.19. The number of nitrogens with one attached hydrogen (secondary N) is 2. The molecule has 1 aromatic rings. The lowest BCUT2D eigenvalue weighted by Crippen LogP contribution is -2.38. The van der Waals surface area contributed by atoms with Crippen LogP contribution in [0, 0.1) is 0 Å². The SMILES string of the molecule is CCNC(=NCC(=O)N1CCCC1)NCc1ccco1. The maximum absolute atomic E-state index is 11.9. The van der Waals surface area contributed by atoms with E-state index in [9.17, 15) is 4.79 Å². The van der Waals surface area contributed by atoms with Gasteiger partial charge in [0.25, 0.3) is 0 Å². The number of carbonyl (C=O) groups excluding carboxylic acids is 1. The number of aliphatic imine (C=N–C) groups is 1. The van der Waals surface area contributed by atoms with Crippen molar-refractivity contribution in [3.05, 3.63) is 24.2 Å². The van der Waals surface area contributed by atoms with Gasteiger partial charge in [0.15, 0.2) is 5.96 Å². The molecule has 2 rings (SSSR count). The van der Waals surface area contributed by atoms with Crippen molar-refractivity contribution in [2.45, 2.75) is 26.3 Å². The van der Waals surface area contributed by atoms with Gasteiger partial charge in [0, 0.05) is 19.6 Å². The van der Waals surface area contributed by atoms with E-state index in [1.165, 1.54) is 0 Å². The first-order valence-corrected chi connectivity index (χ1v) is 7.12. The van der Waals surface area contributed by atoms with Crippen molar-refractivity contribution in [1.29, 1.82) is 0 Å². The van der Waals surface area contributed by atoms with Crippen LogP contribution in [0.1, 0.15) is 25.5 Å². The molecule has 110 valence electrons. The summed E-state index contributed by atoms with van der Waals surface area (Å²) >= 11 is 0. The van der Waals surface area contributed by atoms with Crippen LogP contribution in [0.25, 0.3) is 0 Å². The third kappa shape index (κ3) is 4.29. The van der Waals surface area contributed by atoms with Gasteiger partial charge < -0.3 is 20.0 Å². The summed E-state index contributed by atoms with van der Waals surface area (Å²) in [5, 5.41) is 6.26. The molecule has 1 saturated heterocycles. The van der Waals surface area contributed by atoms with Gasteiger partial charge in [0.2, 0.25) is 5.91 Å². The van der Waals surface area contributed by atoms with E-state index in [1.54, 1.807) is 6.26 Å². The highest BCUT2D eigenvalue weighted by molar-refractivity contribution is 5.85. The summed E-state index contributed by atoms with van der Waals surface area (Å²) in [5.74, 6) is 1.57. The molecule has 1 aromatic heterocycles. The molecule has 0 aromatic carbocycles. The standard InChI is InChI=1S/C14H22N4O2/c1-2-15-14(16-10-12-6-5-9-20-12)17-11-13(19)18-7-3-4-8-18/h5-6,9H,2-4,7-8,10-11H2,1H3,(H2,15,16,17). The maximum atomic E-state index is 11.9. The van der Waals surface area contributed by atoms with Crippen molar-refractivity contribution < 1.29 is 9.21 Å². The van der Waals surface area contributed by atoms with Gasteiger partial charge in [0.1, 0.15) is 12.3 Å². The Balaban J connectivity index is 1.82. The van der Waals surface area contributed by atoms with Crippen molar-refractivity contribution in [2.75, 3.05) is 26.2 Å². The Hall–Kier alpha value is -1.98. The third-order valence-corrected chi connectivity index (χ3v) is 3.19. The second-order valence-electron chi connectivity index (χ2n) is 4.72. The van der Waals surface area contributed by atoms with Gasteiger partial charge in [-0.15, -0.1) is 0 Å². The lowest BCUT2D eigenvalue weighted by Gasteiger charge is -2.14. The molecule has 6 heteroatoms. The first kappa shape index (κ1) is 14.4. The number of nitrogens with zero attached hydrogens (tertiary/aromatic N) is 2. The van der Waals surface area contributed by atoms with Gasteiger partial charge in [-0.2, -0.15) is 0 Å². The van der Waals surface area contributed by atoms with Crippen LogP contribution >= 0.6 is 0 Å². The maximum Gasteiger partial charge on any atom is 0.244 e. The molecule has 6 nitrogen and oxygen atoms in total. The van der Waals surface area contributed by atoms with Crippen molar-refractivity contribution >= 4 is 11.9 Å². The molecule has 2 heterocycles. The topological polar surface area (TPSA) is 69.9 Å². The number of guanidine groups is 1. The summed E-state index contributed by atoms with van der Waals surface area (Å²) in [6, 6.07) is 3.74. The van der Waals surface area contributed by atoms with E-state index in [-0.39, 0.29) is 12.5 Å². The number of likely N-dealkylation sites (tertiary alicyclic amines) is 1. The lowest BCUT2D eigenvalue weighted by molar-refractivity contribution is -0.128. The fraction of sp³-hybridized carbons (Fsp3) is 0.571. The molecule has 0 saturated carbocycles. The molecular weight excluding hydrogens is 256 g/mol. The average molecular weight is 278 g/mol. The van der Waals surface area contributed by atoms with Gasteiger partial charge in [0.05, 0.1) is 12.8 Å². The molecule has 0 unspecified atom stereocenters. The van der Waals surface area contributed by atoms with Crippen molar-refractivity contribution in [3.63, 3.8) is 0 Å². The van der Waals surface area contributed by atoms with E-state index < -0.39 is 0 Å². The van der Waals surface area contributed by atoms with E-state index in [4.69, 9.17) is 4.42 Å². The molecule has 0 spiro atoms. The zero-order chi connectivity index (χ0) is 14.2. The predicted molar refractivity (Wildman–Crippen MR) is 77.3 cm³/mol. The Kier molecular flexibility index (Phi) is 5.46. The summed E-state index contributed by atoms with van der Waals surface area (Å²) < 4.78 is 5.25. The quantitative estimate of drug-likeness (QED) is 0.621. The highest BCUT2D eigenvalue weighted by Crippen LogP contribution is 2.07. The average Bonchev–Trinajstić information content (AvgIpc) is 3.13. The van der Waals surface area contributed by atoms with Crippen LogP contribution in [0.3, 0.4) is 0 Å². The van der Waals surface area contributed by atoms with Crippen molar-refractivity contribution in [1.82, 2.24) is 15.5 Å². The summed E-state index contributed by atoms with van der Waals surface area (Å²) in [4.78, 5) is 18.1. The van der Waals surface area contributed by atoms with Crippen molar-refractivity contribution in [3.8, 4) is 0 Å². The van der Waals surface area contributed by atoms with Crippen LogP contribution in [-0.4, -0.2) is 42.9 Å². The minimum Gasteiger partial charge on any atom is -0.467 e. The van der Waals surface area contributed by atoms with E-state index in [2.05, 4.69) is 15.6 Å². The summed E-state index contributed by atoms with van der Waals surface area (Å²) in [6.45, 7) is 5.22. The zero-order valence-corrected chi connectivity index (χ0v) is 11.9. The largest absolute Gasteiger partial charge is 0.467 e. The van der Waals surface area contributed by atoms with Gasteiger partial charge in [-0.3, -0.25) is 4.79 Å². The number of amides is 1. The fourth-order valence-corrected chi connectivity index (χ4v) is 2.14. The Morgan fingerprint density at radius 3 is 2.85 bits per heavy atom. The molecular formula is C14H22N4O2.